The van der Waals surface area contributed by atoms with Gasteiger partial charge in [-0.1, -0.05) is 29.8 Å². The molecule has 0 aromatic heterocycles. The molecule has 1 saturated heterocycles. The van der Waals surface area contributed by atoms with Crippen LogP contribution >= 0.6 is 11.6 Å². The monoisotopic (exact) mass is 390 g/mol. The standard InChI is InChI=1S/C22H21ClF2O2/c1-2-3-19-16-13-27-21-18(25)9-8-17(24)20(21)22(16,10-11-26-19)12-14-4-6-15(23)7-5-14/h2,4-9,16,19H,1,3,10-13H2/t16-,19-,22-/m1/s1. The molecule has 4 rings (SSSR count). The summed E-state index contributed by atoms with van der Waals surface area (Å²) in [6.07, 6.45) is 3.48. The van der Waals surface area contributed by atoms with Crippen molar-refractivity contribution in [1.82, 2.24) is 0 Å². The lowest BCUT2D eigenvalue weighted by molar-refractivity contribution is -0.0938. The summed E-state index contributed by atoms with van der Waals surface area (Å²) in [5, 5.41) is 0.647. The smallest absolute Gasteiger partial charge is 0.165 e. The van der Waals surface area contributed by atoms with Gasteiger partial charge in [-0.05, 0) is 49.1 Å². The van der Waals surface area contributed by atoms with E-state index in [0.29, 0.717) is 43.1 Å². The van der Waals surface area contributed by atoms with Gasteiger partial charge in [0.05, 0.1) is 12.7 Å². The highest BCUT2D eigenvalue weighted by Crippen LogP contribution is 2.52. The first-order valence-electron chi connectivity index (χ1n) is 9.13. The summed E-state index contributed by atoms with van der Waals surface area (Å²) >= 11 is 6.02. The summed E-state index contributed by atoms with van der Waals surface area (Å²) in [5.74, 6) is -1.00. The third-order valence-corrected chi connectivity index (χ3v) is 6.09. The Balaban J connectivity index is 1.87. The summed E-state index contributed by atoms with van der Waals surface area (Å²) in [6, 6.07) is 9.86. The second kappa shape index (κ2) is 7.25. The van der Waals surface area contributed by atoms with E-state index in [1.807, 2.05) is 24.3 Å². The van der Waals surface area contributed by atoms with Gasteiger partial charge in [-0.3, -0.25) is 0 Å². The molecule has 0 saturated carbocycles. The zero-order valence-electron chi connectivity index (χ0n) is 14.9. The van der Waals surface area contributed by atoms with E-state index in [4.69, 9.17) is 21.1 Å². The van der Waals surface area contributed by atoms with Crippen molar-refractivity contribution in [3.05, 3.63) is 76.8 Å². The van der Waals surface area contributed by atoms with Crippen LogP contribution in [0.1, 0.15) is 24.0 Å². The second-order valence-electron chi connectivity index (χ2n) is 7.29. The lowest BCUT2D eigenvalue weighted by Crippen LogP contribution is -2.54. The molecule has 2 heterocycles. The normalized spacial score (nSPS) is 26.6. The Hall–Kier alpha value is -1.91. The fraction of sp³-hybridized carbons (Fsp3) is 0.364. The highest BCUT2D eigenvalue weighted by molar-refractivity contribution is 6.30. The minimum absolute atomic E-state index is 0.0412. The Labute approximate surface area is 162 Å². The van der Waals surface area contributed by atoms with E-state index in [-0.39, 0.29) is 17.8 Å². The Morgan fingerprint density at radius 3 is 2.63 bits per heavy atom. The predicted molar refractivity (Wildman–Crippen MR) is 101 cm³/mol. The zero-order valence-corrected chi connectivity index (χ0v) is 15.6. The molecule has 2 aromatic rings. The average Bonchev–Trinajstić information content (AvgIpc) is 2.66. The fourth-order valence-electron chi connectivity index (χ4n) is 4.61. The van der Waals surface area contributed by atoms with Gasteiger partial charge in [0.1, 0.15) is 5.82 Å². The van der Waals surface area contributed by atoms with Crippen LogP contribution in [-0.4, -0.2) is 19.3 Å². The number of hydrogen-bond donors (Lipinski definition) is 0. The summed E-state index contributed by atoms with van der Waals surface area (Å²) in [5.41, 5.74) is 0.769. The molecular formula is C22H21ClF2O2. The topological polar surface area (TPSA) is 18.5 Å². The molecule has 1 fully saturated rings. The van der Waals surface area contributed by atoms with Crippen LogP contribution in [0.15, 0.2) is 49.1 Å². The number of hydrogen-bond acceptors (Lipinski definition) is 2. The molecule has 0 N–H and O–H groups in total. The molecular weight excluding hydrogens is 370 g/mol. The van der Waals surface area contributed by atoms with Crippen molar-refractivity contribution < 1.29 is 18.3 Å². The second-order valence-corrected chi connectivity index (χ2v) is 7.73. The van der Waals surface area contributed by atoms with E-state index < -0.39 is 17.0 Å². The molecule has 5 heteroatoms. The van der Waals surface area contributed by atoms with Gasteiger partial charge >= 0.3 is 0 Å². The Morgan fingerprint density at radius 2 is 1.89 bits per heavy atom. The fourth-order valence-corrected chi connectivity index (χ4v) is 4.74. The Kier molecular flexibility index (Phi) is 4.95. The maximum atomic E-state index is 15.0. The van der Waals surface area contributed by atoms with Gasteiger partial charge < -0.3 is 9.47 Å². The molecule has 2 aliphatic heterocycles. The van der Waals surface area contributed by atoms with Crippen molar-refractivity contribution in [2.75, 3.05) is 13.2 Å². The van der Waals surface area contributed by atoms with E-state index in [0.717, 1.165) is 11.6 Å². The summed E-state index contributed by atoms with van der Waals surface area (Å²) in [6.45, 7) is 4.59. The van der Waals surface area contributed by atoms with Crippen LogP contribution in [0.4, 0.5) is 8.78 Å². The van der Waals surface area contributed by atoms with Gasteiger partial charge in [0.25, 0.3) is 0 Å². The molecule has 0 aliphatic carbocycles. The van der Waals surface area contributed by atoms with Crippen molar-refractivity contribution in [2.24, 2.45) is 5.92 Å². The maximum absolute atomic E-state index is 15.0. The lowest BCUT2D eigenvalue weighted by Gasteiger charge is -2.51. The Morgan fingerprint density at radius 1 is 1.15 bits per heavy atom. The van der Waals surface area contributed by atoms with Gasteiger partial charge in [0, 0.05) is 28.5 Å². The summed E-state index contributed by atoms with van der Waals surface area (Å²) < 4.78 is 41.2. The van der Waals surface area contributed by atoms with Gasteiger partial charge in [-0.2, -0.15) is 0 Å². The van der Waals surface area contributed by atoms with Gasteiger partial charge in [-0.15, -0.1) is 6.58 Å². The largest absolute Gasteiger partial charge is 0.490 e. The highest BCUT2D eigenvalue weighted by Gasteiger charge is 2.53. The number of benzene rings is 2. The van der Waals surface area contributed by atoms with Crippen molar-refractivity contribution in [3.8, 4) is 5.75 Å². The van der Waals surface area contributed by atoms with Crippen molar-refractivity contribution >= 4 is 11.6 Å². The number of ether oxygens (including phenoxy) is 2. The van der Waals surface area contributed by atoms with Crippen LogP contribution in [0.3, 0.4) is 0 Å². The van der Waals surface area contributed by atoms with E-state index in [1.165, 1.54) is 6.07 Å². The SMILES string of the molecule is C=CC[C@H]1OCC[C@]2(Cc3ccc(Cl)cc3)c3c(F)ccc(F)c3OC[C@H]12. The first-order chi connectivity index (χ1) is 13.0. The number of fused-ring (bicyclic) bond motifs is 3. The third-order valence-electron chi connectivity index (χ3n) is 5.83. The molecule has 0 radical (unpaired) electrons. The van der Waals surface area contributed by atoms with Crippen LogP contribution in [0.25, 0.3) is 0 Å². The van der Waals surface area contributed by atoms with Crippen LogP contribution in [0.5, 0.6) is 5.75 Å². The number of halogens is 3. The summed E-state index contributed by atoms with van der Waals surface area (Å²) in [7, 11) is 0. The van der Waals surface area contributed by atoms with Crippen LogP contribution in [0, 0.1) is 17.6 Å². The molecule has 2 aliphatic rings. The first kappa shape index (κ1) is 18.5. The number of rotatable bonds is 4. The minimum Gasteiger partial charge on any atom is -0.490 e. The predicted octanol–water partition coefficient (Wildman–Crippen LogP) is 5.47. The van der Waals surface area contributed by atoms with Crippen LogP contribution in [-0.2, 0) is 16.6 Å². The zero-order chi connectivity index (χ0) is 19.0. The summed E-state index contributed by atoms with van der Waals surface area (Å²) in [4.78, 5) is 0. The van der Waals surface area contributed by atoms with E-state index >= 15 is 4.39 Å². The molecule has 142 valence electrons. The molecule has 27 heavy (non-hydrogen) atoms. The molecule has 2 aromatic carbocycles. The van der Waals surface area contributed by atoms with Crippen molar-refractivity contribution in [1.29, 1.82) is 0 Å². The average molecular weight is 391 g/mol. The van der Waals surface area contributed by atoms with Crippen molar-refractivity contribution in [3.63, 3.8) is 0 Å². The lowest BCUT2D eigenvalue weighted by atomic mass is 9.60. The molecule has 3 atom stereocenters. The van der Waals surface area contributed by atoms with Crippen LogP contribution in [0.2, 0.25) is 5.02 Å². The molecule has 2 nitrogen and oxygen atoms in total. The quantitative estimate of drug-likeness (QED) is 0.644. The van der Waals surface area contributed by atoms with E-state index in [2.05, 4.69) is 6.58 Å². The minimum atomic E-state index is -0.598. The Bertz CT molecular complexity index is 852. The third kappa shape index (κ3) is 3.15. The van der Waals surface area contributed by atoms with Gasteiger partial charge in [0.15, 0.2) is 11.6 Å². The van der Waals surface area contributed by atoms with E-state index in [1.54, 1.807) is 6.08 Å². The van der Waals surface area contributed by atoms with Crippen molar-refractivity contribution in [2.45, 2.75) is 30.8 Å². The highest BCUT2D eigenvalue weighted by atomic mass is 35.5. The first-order valence-corrected chi connectivity index (χ1v) is 9.51. The maximum Gasteiger partial charge on any atom is 0.165 e. The van der Waals surface area contributed by atoms with Crippen LogP contribution < -0.4 is 4.74 Å². The molecule has 0 unspecified atom stereocenters. The van der Waals surface area contributed by atoms with Gasteiger partial charge in [0.2, 0.25) is 0 Å². The van der Waals surface area contributed by atoms with E-state index in [9.17, 15) is 4.39 Å². The molecule has 0 amide bonds. The van der Waals surface area contributed by atoms with Gasteiger partial charge in [-0.25, -0.2) is 8.78 Å². The molecule has 0 bridgehead atoms. The molecule has 0 spiro atoms.